The van der Waals surface area contributed by atoms with Gasteiger partial charge >= 0.3 is 6.18 Å². The number of furan rings is 1. The number of rotatable bonds is 3. The first-order chi connectivity index (χ1) is 13.7. The van der Waals surface area contributed by atoms with Gasteiger partial charge in [-0.05, 0) is 37.6 Å². The van der Waals surface area contributed by atoms with Crippen molar-refractivity contribution in [1.29, 1.82) is 0 Å². The lowest BCUT2D eigenvalue weighted by molar-refractivity contribution is -0.174. The quantitative estimate of drug-likeness (QED) is 0.644. The van der Waals surface area contributed by atoms with E-state index in [9.17, 15) is 18.0 Å². The van der Waals surface area contributed by atoms with E-state index in [4.69, 9.17) is 4.42 Å². The normalized spacial score (nSPS) is 18.8. The number of nitrogens with zero attached hydrogens (tertiary/aromatic N) is 2. The maximum atomic E-state index is 13.7. The Morgan fingerprint density at radius 1 is 1.31 bits per heavy atom. The van der Waals surface area contributed by atoms with Crippen molar-refractivity contribution < 1.29 is 22.4 Å². The number of benzene rings is 1. The lowest BCUT2D eigenvalue weighted by Crippen LogP contribution is -2.36. The molecule has 2 atom stereocenters. The Morgan fingerprint density at radius 3 is 2.76 bits per heavy atom. The van der Waals surface area contributed by atoms with Crippen LogP contribution in [0.4, 0.5) is 24.7 Å². The van der Waals surface area contributed by atoms with Crippen molar-refractivity contribution in [2.45, 2.75) is 38.5 Å². The van der Waals surface area contributed by atoms with Crippen molar-refractivity contribution in [3.63, 3.8) is 0 Å². The Bertz CT molecular complexity index is 1040. The maximum absolute atomic E-state index is 13.7. The zero-order chi connectivity index (χ0) is 20.8. The van der Waals surface area contributed by atoms with Crippen LogP contribution in [0, 0.1) is 13.8 Å². The van der Waals surface area contributed by atoms with Gasteiger partial charge in [-0.25, -0.2) is 4.68 Å². The third-order valence-corrected chi connectivity index (χ3v) is 5.00. The first-order valence-corrected chi connectivity index (χ1v) is 9.07. The molecule has 0 saturated carbocycles. The first kappa shape index (κ1) is 19.1. The standard InChI is InChI=1S/C20H19F3N4O2/c1-11-5-6-14(12(2)8-11)26-19(28)13-10-24-27-17(20(21,22)23)9-15(25-18(13)27)16-4-3-7-29-16/h3-8,10,15,17,25H,9H2,1-2H3,(H,26,28)/t15-,17+/m1/s1. The minimum Gasteiger partial charge on any atom is -0.467 e. The third-order valence-electron chi connectivity index (χ3n) is 5.00. The van der Waals surface area contributed by atoms with Gasteiger partial charge in [0.2, 0.25) is 0 Å². The summed E-state index contributed by atoms with van der Waals surface area (Å²) in [5, 5.41) is 9.60. The molecule has 0 bridgehead atoms. The van der Waals surface area contributed by atoms with Gasteiger partial charge in [0.1, 0.15) is 17.1 Å². The molecule has 0 unspecified atom stereocenters. The lowest BCUT2D eigenvalue weighted by Gasteiger charge is -2.32. The largest absolute Gasteiger partial charge is 0.467 e. The molecule has 3 aromatic rings. The van der Waals surface area contributed by atoms with Crippen molar-refractivity contribution in [3.05, 3.63) is 65.2 Å². The molecule has 4 rings (SSSR count). The fourth-order valence-electron chi connectivity index (χ4n) is 3.55. The predicted molar refractivity (Wildman–Crippen MR) is 101 cm³/mol. The molecule has 0 spiro atoms. The lowest BCUT2D eigenvalue weighted by atomic mass is 10.0. The van der Waals surface area contributed by atoms with E-state index >= 15 is 0 Å². The van der Waals surface area contributed by atoms with Crippen LogP contribution in [-0.4, -0.2) is 21.9 Å². The number of hydrogen-bond donors (Lipinski definition) is 2. The number of fused-ring (bicyclic) bond motifs is 1. The van der Waals surface area contributed by atoms with Gasteiger partial charge in [-0.2, -0.15) is 18.3 Å². The molecular weight excluding hydrogens is 385 g/mol. The second-order valence-electron chi connectivity index (χ2n) is 7.13. The first-order valence-electron chi connectivity index (χ1n) is 9.07. The van der Waals surface area contributed by atoms with Crippen LogP contribution >= 0.6 is 0 Å². The van der Waals surface area contributed by atoms with E-state index in [1.807, 2.05) is 26.0 Å². The van der Waals surface area contributed by atoms with Gasteiger partial charge in [-0.1, -0.05) is 17.7 Å². The van der Waals surface area contributed by atoms with Crippen LogP contribution in [0.1, 0.15) is 45.7 Å². The summed E-state index contributed by atoms with van der Waals surface area (Å²) < 4.78 is 47.1. The number of anilines is 2. The van der Waals surface area contributed by atoms with Crippen LogP contribution in [0.15, 0.2) is 47.2 Å². The van der Waals surface area contributed by atoms with Gasteiger partial charge in [0.25, 0.3) is 5.91 Å². The average molecular weight is 404 g/mol. The topological polar surface area (TPSA) is 72.1 Å². The molecule has 1 aromatic carbocycles. The van der Waals surface area contributed by atoms with Crippen molar-refractivity contribution in [2.24, 2.45) is 0 Å². The molecule has 9 heteroatoms. The summed E-state index contributed by atoms with van der Waals surface area (Å²) in [5.74, 6) is -0.151. The highest BCUT2D eigenvalue weighted by atomic mass is 19.4. The number of nitrogens with one attached hydrogen (secondary N) is 2. The van der Waals surface area contributed by atoms with Crippen molar-refractivity contribution in [3.8, 4) is 0 Å². The van der Waals surface area contributed by atoms with Crippen LogP contribution in [0.3, 0.4) is 0 Å². The monoisotopic (exact) mass is 404 g/mol. The molecule has 3 heterocycles. The van der Waals surface area contributed by atoms with Gasteiger partial charge in [-0.3, -0.25) is 4.79 Å². The Morgan fingerprint density at radius 2 is 2.10 bits per heavy atom. The fourth-order valence-corrected chi connectivity index (χ4v) is 3.55. The number of carbonyl (C=O) groups excluding carboxylic acids is 1. The van der Waals surface area contributed by atoms with E-state index < -0.39 is 24.2 Å². The van der Waals surface area contributed by atoms with Crippen LogP contribution in [0.25, 0.3) is 0 Å². The van der Waals surface area contributed by atoms with Gasteiger partial charge < -0.3 is 15.1 Å². The van der Waals surface area contributed by atoms with Gasteiger partial charge in [0.15, 0.2) is 6.04 Å². The molecule has 0 radical (unpaired) electrons. The number of aryl methyl sites for hydroxylation is 2. The number of alkyl halides is 3. The second-order valence-corrected chi connectivity index (χ2v) is 7.13. The molecule has 0 fully saturated rings. The number of hydrogen-bond acceptors (Lipinski definition) is 4. The smallest absolute Gasteiger partial charge is 0.410 e. The molecule has 2 N–H and O–H groups in total. The van der Waals surface area contributed by atoms with E-state index in [-0.39, 0.29) is 17.8 Å². The van der Waals surface area contributed by atoms with E-state index in [0.717, 1.165) is 22.0 Å². The Labute approximate surface area is 164 Å². The van der Waals surface area contributed by atoms with Crippen molar-refractivity contribution in [1.82, 2.24) is 9.78 Å². The molecule has 2 aromatic heterocycles. The second kappa shape index (κ2) is 6.98. The van der Waals surface area contributed by atoms with Gasteiger partial charge in [0, 0.05) is 12.1 Å². The van der Waals surface area contributed by atoms with Crippen LogP contribution in [0.5, 0.6) is 0 Å². The summed E-state index contributed by atoms with van der Waals surface area (Å²) in [6.45, 7) is 3.78. The zero-order valence-corrected chi connectivity index (χ0v) is 15.7. The van der Waals surface area contributed by atoms with E-state index in [1.54, 1.807) is 18.2 Å². The number of carbonyl (C=O) groups is 1. The van der Waals surface area contributed by atoms with E-state index in [2.05, 4.69) is 15.7 Å². The Balaban J connectivity index is 1.69. The van der Waals surface area contributed by atoms with Crippen molar-refractivity contribution >= 4 is 17.4 Å². The molecule has 6 nitrogen and oxygen atoms in total. The molecular formula is C20H19F3N4O2. The summed E-state index contributed by atoms with van der Waals surface area (Å²) in [6.07, 6.45) is -2.25. The Hall–Kier alpha value is -3.23. The molecule has 152 valence electrons. The Kier molecular flexibility index (Phi) is 4.60. The molecule has 0 saturated heterocycles. The summed E-state index contributed by atoms with van der Waals surface area (Å²) in [6, 6.07) is 6.14. The summed E-state index contributed by atoms with van der Waals surface area (Å²) >= 11 is 0. The van der Waals surface area contributed by atoms with Crippen LogP contribution in [0.2, 0.25) is 0 Å². The highest BCUT2D eigenvalue weighted by Crippen LogP contribution is 2.44. The molecule has 1 aliphatic rings. The molecule has 1 amide bonds. The summed E-state index contributed by atoms with van der Waals surface area (Å²) in [5.41, 5.74) is 2.52. The minimum absolute atomic E-state index is 0.0160. The SMILES string of the molecule is Cc1ccc(NC(=O)c2cnn3c2N[C@@H](c2ccco2)C[C@H]3C(F)(F)F)c(C)c1. The van der Waals surface area contributed by atoms with Gasteiger partial charge in [-0.15, -0.1) is 0 Å². The highest BCUT2D eigenvalue weighted by Gasteiger charge is 2.47. The average Bonchev–Trinajstić information content (AvgIpc) is 3.31. The number of aromatic nitrogens is 2. The van der Waals surface area contributed by atoms with Crippen LogP contribution in [-0.2, 0) is 0 Å². The molecule has 0 aliphatic carbocycles. The van der Waals surface area contributed by atoms with Crippen LogP contribution < -0.4 is 10.6 Å². The number of halogens is 3. The molecule has 1 aliphatic heterocycles. The van der Waals surface area contributed by atoms with Gasteiger partial charge in [0.05, 0.1) is 18.5 Å². The fraction of sp³-hybridized carbons (Fsp3) is 0.300. The zero-order valence-electron chi connectivity index (χ0n) is 15.7. The summed E-state index contributed by atoms with van der Waals surface area (Å²) in [4.78, 5) is 12.8. The highest BCUT2D eigenvalue weighted by molar-refractivity contribution is 6.07. The predicted octanol–water partition coefficient (Wildman–Crippen LogP) is 5.01. The maximum Gasteiger partial charge on any atom is 0.410 e. The summed E-state index contributed by atoms with van der Waals surface area (Å²) in [7, 11) is 0. The molecule has 29 heavy (non-hydrogen) atoms. The van der Waals surface area contributed by atoms with Crippen molar-refractivity contribution in [2.75, 3.05) is 10.6 Å². The minimum atomic E-state index is -4.52. The third kappa shape index (κ3) is 3.59. The van der Waals surface area contributed by atoms with E-state index in [0.29, 0.717) is 11.4 Å². The van der Waals surface area contributed by atoms with E-state index in [1.165, 1.54) is 6.26 Å². The number of amides is 1.